The number of alkyl carbamates (subject to hydrolysis) is 1. The minimum absolute atomic E-state index is 0.0533. The highest BCUT2D eigenvalue weighted by Crippen LogP contribution is 2.30. The highest BCUT2D eigenvalue weighted by molar-refractivity contribution is 5.89. The quantitative estimate of drug-likeness (QED) is 0.391. The lowest BCUT2D eigenvalue weighted by atomic mass is 9.91. The molecule has 3 aliphatic rings. The van der Waals surface area contributed by atoms with Gasteiger partial charge >= 0.3 is 6.09 Å². The number of allylic oxidation sites excluding steroid dienone is 1. The number of nitrogens with one attached hydrogen (secondary N) is 4. The molecule has 0 atom stereocenters. The lowest BCUT2D eigenvalue weighted by Crippen LogP contribution is -2.40. The van der Waals surface area contributed by atoms with E-state index in [1.165, 1.54) is 0 Å². The molecule has 1 aliphatic heterocycles. The number of ether oxygens (including phenoxy) is 2. The lowest BCUT2D eigenvalue weighted by Gasteiger charge is -2.29. The predicted molar refractivity (Wildman–Crippen MR) is 136 cm³/mol. The molecule has 1 saturated heterocycles. The van der Waals surface area contributed by atoms with E-state index in [0.29, 0.717) is 24.8 Å². The van der Waals surface area contributed by atoms with Crippen molar-refractivity contribution in [2.24, 2.45) is 0 Å². The van der Waals surface area contributed by atoms with Crippen LogP contribution in [-0.2, 0) is 14.3 Å². The average molecular weight is 496 g/mol. The van der Waals surface area contributed by atoms with Crippen molar-refractivity contribution < 1.29 is 19.1 Å². The van der Waals surface area contributed by atoms with E-state index in [1.54, 1.807) is 13.3 Å². The molecule has 2 saturated carbocycles. The number of carbonyl (C=O) groups is 2. The largest absolute Gasteiger partial charge is 0.447 e. The van der Waals surface area contributed by atoms with E-state index in [2.05, 4.69) is 32.9 Å². The Morgan fingerprint density at radius 2 is 1.89 bits per heavy atom. The number of anilines is 2. The van der Waals surface area contributed by atoms with E-state index < -0.39 is 6.09 Å². The fourth-order valence-electron chi connectivity index (χ4n) is 4.61. The van der Waals surface area contributed by atoms with Crippen LogP contribution >= 0.6 is 0 Å². The Bertz CT molecular complexity index is 1180. The SMILES string of the molecule is C=C1NC(=O)C/C1=C\c1cnn2c(NC3CC3)cc(NC3CCC(NC(=O)OCCOC)CC3)nc12. The number of aromatic nitrogens is 3. The molecule has 0 radical (unpaired) electrons. The molecule has 11 nitrogen and oxygen atoms in total. The number of hydrogen-bond donors (Lipinski definition) is 4. The first-order valence-electron chi connectivity index (χ1n) is 12.5. The number of amides is 2. The summed E-state index contributed by atoms with van der Waals surface area (Å²) >= 11 is 0. The van der Waals surface area contributed by atoms with Crippen LogP contribution in [0.2, 0.25) is 0 Å². The van der Waals surface area contributed by atoms with Gasteiger partial charge in [0.1, 0.15) is 18.2 Å². The van der Waals surface area contributed by atoms with Gasteiger partial charge in [0.2, 0.25) is 5.91 Å². The van der Waals surface area contributed by atoms with E-state index >= 15 is 0 Å². The number of hydrogen-bond acceptors (Lipinski definition) is 8. The first-order valence-corrected chi connectivity index (χ1v) is 12.5. The third kappa shape index (κ3) is 5.78. The first-order chi connectivity index (χ1) is 17.5. The van der Waals surface area contributed by atoms with Crippen molar-refractivity contribution >= 4 is 35.4 Å². The topological polar surface area (TPSA) is 131 Å². The summed E-state index contributed by atoms with van der Waals surface area (Å²) in [5.41, 5.74) is 3.03. The van der Waals surface area contributed by atoms with E-state index in [4.69, 9.17) is 14.5 Å². The molecule has 2 aromatic rings. The molecule has 2 aliphatic carbocycles. The maximum atomic E-state index is 11.9. The van der Waals surface area contributed by atoms with Crippen LogP contribution in [-0.4, -0.2) is 65.0 Å². The van der Waals surface area contributed by atoms with Crippen LogP contribution in [0, 0.1) is 0 Å². The summed E-state index contributed by atoms with van der Waals surface area (Å²) in [5, 5.41) is 17.4. The Hall–Kier alpha value is -3.60. The van der Waals surface area contributed by atoms with E-state index in [1.807, 2.05) is 16.7 Å². The van der Waals surface area contributed by atoms with Crippen LogP contribution in [0.4, 0.5) is 16.4 Å². The third-order valence-corrected chi connectivity index (χ3v) is 6.71. The maximum Gasteiger partial charge on any atom is 0.407 e. The van der Waals surface area contributed by atoms with Gasteiger partial charge in [-0.25, -0.2) is 9.78 Å². The van der Waals surface area contributed by atoms with Crippen molar-refractivity contribution in [2.75, 3.05) is 31.0 Å². The van der Waals surface area contributed by atoms with Gasteiger partial charge in [-0.15, -0.1) is 0 Å². The molecule has 3 fully saturated rings. The van der Waals surface area contributed by atoms with Gasteiger partial charge in [0, 0.05) is 42.6 Å². The molecule has 192 valence electrons. The molecule has 0 aromatic carbocycles. The van der Waals surface area contributed by atoms with Crippen LogP contribution in [0.5, 0.6) is 0 Å². The number of carbonyl (C=O) groups excluding carboxylic acids is 2. The van der Waals surface area contributed by atoms with Crippen LogP contribution < -0.4 is 21.3 Å². The highest BCUT2D eigenvalue weighted by Gasteiger charge is 2.26. The zero-order chi connectivity index (χ0) is 25.1. The molecule has 11 heteroatoms. The van der Waals surface area contributed by atoms with Gasteiger partial charge < -0.3 is 30.7 Å². The second-order valence-electron chi connectivity index (χ2n) is 9.62. The van der Waals surface area contributed by atoms with E-state index in [9.17, 15) is 9.59 Å². The maximum absolute atomic E-state index is 11.9. The van der Waals surface area contributed by atoms with Crippen LogP contribution in [0.3, 0.4) is 0 Å². The molecule has 0 unspecified atom stereocenters. The van der Waals surface area contributed by atoms with Crippen molar-refractivity contribution in [3.05, 3.63) is 35.7 Å². The molecular weight excluding hydrogens is 462 g/mol. The molecule has 3 heterocycles. The van der Waals surface area contributed by atoms with Crippen molar-refractivity contribution in [3.63, 3.8) is 0 Å². The Kier molecular flexibility index (Phi) is 7.08. The number of methoxy groups -OCH3 is 1. The van der Waals surface area contributed by atoms with Gasteiger partial charge in [-0.05, 0) is 50.2 Å². The smallest absolute Gasteiger partial charge is 0.407 e. The standard InChI is InChI=1S/C25H33N7O4/c1-15-16(12-23(33)27-15)11-17-14-26-32-22(29-19-5-6-19)13-21(31-24(17)32)28-18-3-7-20(8-4-18)30-25(34)36-10-9-35-2/h11,13-14,18-20,29H,1,3-10,12H2,2H3,(H,27,33)(H,28,31)(H,30,34)/b16-11+. The van der Waals surface area contributed by atoms with Gasteiger partial charge in [-0.1, -0.05) is 6.58 Å². The van der Waals surface area contributed by atoms with Crippen molar-refractivity contribution in [3.8, 4) is 0 Å². The Morgan fingerprint density at radius 1 is 1.17 bits per heavy atom. The molecule has 0 spiro atoms. The molecule has 0 bridgehead atoms. The lowest BCUT2D eigenvalue weighted by molar-refractivity contribution is -0.118. The molecule has 2 aromatic heterocycles. The van der Waals surface area contributed by atoms with Crippen LogP contribution in [0.25, 0.3) is 11.7 Å². The van der Waals surface area contributed by atoms with E-state index in [0.717, 1.165) is 66.9 Å². The minimum atomic E-state index is -0.393. The molecule has 4 N–H and O–H groups in total. The van der Waals surface area contributed by atoms with Gasteiger partial charge in [-0.3, -0.25) is 4.79 Å². The summed E-state index contributed by atoms with van der Waals surface area (Å²) in [6.45, 7) is 4.57. The first kappa shape index (κ1) is 24.1. The summed E-state index contributed by atoms with van der Waals surface area (Å²) in [7, 11) is 1.57. The summed E-state index contributed by atoms with van der Waals surface area (Å²) < 4.78 is 11.8. The minimum Gasteiger partial charge on any atom is -0.447 e. The van der Waals surface area contributed by atoms with Crippen molar-refractivity contribution in [2.45, 2.75) is 63.1 Å². The van der Waals surface area contributed by atoms with Crippen molar-refractivity contribution in [1.82, 2.24) is 25.2 Å². The molecule has 5 rings (SSSR count). The summed E-state index contributed by atoms with van der Waals surface area (Å²) in [5.74, 6) is 1.62. The molecular formula is C25H33N7O4. The van der Waals surface area contributed by atoms with Crippen LogP contribution in [0.15, 0.2) is 30.1 Å². The average Bonchev–Trinajstić information content (AvgIpc) is 3.49. The second-order valence-corrected chi connectivity index (χ2v) is 9.62. The summed E-state index contributed by atoms with van der Waals surface area (Å²) in [4.78, 5) is 28.6. The number of fused-ring (bicyclic) bond motifs is 1. The monoisotopic (exact) mass is 495 g/mol. The second kappa shape index (κ2) is 10.6. The third-order valence-electron chi connectivity index (χ3n) is 6.71. The van der Waals surface area contributed by atoms with Gasteiger partial charge in [-0.2, -0.15) is 9.61 Å². The number of nitrogens with zero attached hydrogens (tertiary/aromatic N) is 3. The van der Waals surface area contributed by atoms with Crippen LogP contribution in [0.1, 0.15) is 50.5 Å². The highest BCUT2D eigenvalue weighted by atomic mass is 16.6. The number of rotatable bonds is 9. The Balaban J connectivity index is 1.28. The van der Waals surface area contributed by atoms with E-state index in [-0.39, 0.29) is 24.6 Å². The van der Waals surface area contributed by atoms with Crippen molar-refractivity contribution in [1.29, 1.82) is 0 Å². The van der Waals surface area contributed by atoms with Gasteiger partial charge in [0.05, 0.1) is 19.2 Å². The fraction of sp³-hybridized carbons (Fsp3) is 0.520. The fourth-order valence-corrected chi connectivity index (χ4v) is 4.61. The molecule has 2 amide bonds. The Labute approximate surface area is 209 Å². The summed E-state index contributed by atoms with van der Waals surface area (Å²) in [6, 6.07) is 2.81. The zero-order valence-electron chi connectivity index (χ0n) is 20.5. The predicted octanol–water partition coefficient (Wildman–Crippen LogP) is 2.82. The van der Waals surface area contributed by atoms with Gasteiger partial charge in [0.25, 0.3) is 0 Å². The summed E-state index contributed by atoms with van der Waals surface area (Å²) in [6.07, 6.45) is 9.44. The Morgan fingerprint density at radius 3 is 2.58 bits per heavy atom. The normalized spacial score (nSPS) is 23.1. The molecule has 36 heavy (non-hydrogen) atoms. The van der Waals surface area contributed by atoms with Gasteiger partial charge in [0.15, 0.2) is 5.65 Å². The zero-order valence-corrected chi connectivity index (χ0v) is 20.5.